The van der Waals surface area contributed by atoms with E-state index in [1.165, 1.54) is 28.8 Å². The zero-order valence-electron chi connectivity index (χ0n) is 14.4. The highest BCUT2D eigenvalue weighted by Crippen LogP contribution is 2.33. The Balaban J connectivity index is 1.76. The summed E-state index contributed by atoms with van der Waals surface area (Å²) in [5, 5.41) is 0.288. The van der Waals surface area contributed by atoms with Crippen molar-refractivity contribution < 1.29 is 0 Å². The van der Waals surface area contributed by atoms with Gasteiger partial charge in [0.2, 0.25) is 0 Å². The monoisotopic (exact) mass is 325 g/mol. The molecule has 2 unspecified atom stereocenters. The normalized spacial score (nSPS) is 19.3. The van der Waals surface area contributed by atoms with E-state index in [2.05, 4.69) is 86.8 Å². The van der Waals surface area contributed by atoms with Crippen LogP contribution in [-0.2, 0) is 0 Å². The van der Waals surface area contributed by atoms with Crippen LogP contribution in [0.3, 0.4) is 0 Å². The summed E-state index contributed by atoms with van der Waals surface area (Å²) in [4.78, 5) is 2.52. The van der Waals surface area contributed by atoms with Crippen LogP contribution in [0.1, 0.15) is 61.0 Å². The molecule has 2 aromatic rings. The highest BCUT2D eigenvalue weighted by molar-refractivity contribution is 7.80. The fourth-order valence-corrected chi connectivity index (χ4v) is 3.58. The van der Waals surface area contributed by atoms with Crippen LogP contribution in [0.25, 0.3) is 0 Å². The number of rotatable bonds is 4. The van der Waals surface area contributed by atoms with Gasteiger partial charge in [0.25, 0.3) is 0 Å². The average molecular weight is 326 g/mol. The zero-order valence-corrected chi connectivity index (χ0v) is 15.3. The molecule has 23 heavy (non-hydrogen) atoms. The summed E-state index contributed by atoms with van der Waals surface area (Å²) in [5.41, 5.74) is 5.59. The molecule has 0 aliphatic carbocycles. The molecule has 2 atom stereocenters. The molecule has 0 amide bonds. The molecule has 122 valence electrons. The molecule has 1 aliphatic rings. The zero-order chi connectivity index (χ0) is 16.4. The molecule has 0 aromatic heterocycles. The molecule has 2 aromatic carbocycles. The standard InChI is InChI=1S/C21H27NS/c1-15(2)17-6-4-8-19(12-17)20-10-11-22(14-20)21-9-5-7-18(13-21)16(3)23/h4-9,12-13,15-16,20,23H,10-11,14H2,1-3H3. The molecule has 0 spiro atoms. The summed E-state index contributed by atoms with van der Waals surface area (Å²) in [6.45, 7) is 8.92. The second kappa shape index (κ2) is 7.00. The summed E-state index contributed by atoms with van der Waals surface area (Å²) >= 11 is 4.56. The maximum Gasteiger partial charge on any atom is 0.0369 e. The lowest BCUT2D eigenvalue weighted by Gasteiger charge is -2.20. The third-order valence-electron chi connectivity index (χ3n) is 4.95. The second-order valence-corrected chi connectivity index (χ2v) is 7.80. The quantitative estimate of drug-likeness (QED) is 0.696. The molecule has 1 fully saturated rings. The van der Waals surface area contributed by atoms with Crippen LogP contribution in [0.2, 0.25) is 0 Å². The first-order valence-corrected chi connectivity index (χ1v) is 9.19. The second-order valence-electron chi connectivity index (χ2n) is 7.03. The van der Waals surface area contributed by atoms with E-state index in [9.17, 15) is 0 Å². The number of nitrogens with zero attached hydrogens (tertiary/aromatic N) is 1. The van der Waals surface area contributed by atoms with Gasteiger partial charge in [-0.15, -0.1) is 0 Å². The average Bonchev–Trinajstić information content (AvgIpc) is 3.05. The van der Waals surface area contributed by atoms with Gasteiger partial charge in [-0.25, -0.2) is 0 Å². The fraction of sp³-hybridized carbons (Fsp3) is 0.429. The molecule has 1 heterocycles. The highest BCUT2D eigenvalue weighted by Gasteiger charge is 2.24. The molecule has 2 heteroatoms. The van der Waals surface area contributed by atoms with Gasteiger partial charge in [0.15, 0.2) is 0 Å². The minimum Gasteiger partial charge on any atom is -0.371 e. The molecule has 1 aliphatic heterocycles. The van der Waals surface area contributed by atoms with Crippen molar-refractivity contribution in [1.82, 2.24) is 0 Å². The molecule has 0 saturated carbocycles. The predicted octanol–water partition coefficient (Wildman–Crippen LogP) is 5.79. The van der Waals surface area contributed by atoms with Crippen molar-refractivity contribution >= 4 is 18.3 Å². The Morgan fingerprint density at radius 2 is 1.74 bits per heavy atom. The largest absolute Gasteiger partial charge is 0.371 e. The smallest absolute Gasteiger partial charge is 0.0369 e. The van der Waals surface area contributed by atoms with Gasteiger partial charge < -0.3 is 4.90 Å². The summed E-state index contributed by atoms with van der Waals surface area (Å²) in [7, 11) is 0. The number of thiol groups is 1. The van der Waals surface area contributed by atoms with Gasteiger partial charge in [-0.1, -0.05) is 50.2 Å². The van der Waals surface area contributed by atoms with Crippen LogP contribution in [0.5, 0.6) is 0 Å². The predicted molar refractivity (Wildman–Crippen MR) is 104 cm³/mol. The van der Waals surface area contributed by atoms with Crippen molar-refractivity contribution in [3.05, 3.63) is 65.2 Å². The van der Waals surface area contributed by atoms with E-state index in [4.69, 9.17) is 0 Å². The Kier molecular flexibility index (Phi) is 5.01. The lowest BCUT2D eigenvalue weighted by Crippen LogP contribution is -2.19. The summed E-state index contributed by atoms with van der Waals surface area (Å²) in [5.74, 6) is 1.24. The van der Waals surface area contributed by atoms with Gasteiger partial charge in [-0.05, 0) is 48.1 Å². The minimum absolute atomic E-state index is 0.288. The lowest BCUT2D eigenvalue weighted by atomic mass is 9.93. The minimum atomic E-state index is 0.288. The summed E-state index contributed by atoms with van der Waals surface area (Å²) < 4.78 is 0. The van der Waals surface area contributed by atoms with Gasteiger partial charge >= 0.3 is 0 Å². The first-order valence-electron chi connectivity index (χ1n) is 8.67. The highest BCUT2D eigenvalue weighted by atomic mass is 32.1. The Morgan fingerprint density at radius 1 is 1.00 bits per heavy atom. The SMILES string of the molecule is CC(C)c1cccc(C2CCN(c3cccc(C(C)S)c3)C2)c1. The first-order chi connectivity index (χ1) is 11.0. The third-order valence-corrected chi connectivity index (χ3v) is 5.25. The Morgan fingerprint density at radius 3 is 2.48 bits per heavy atom. The van der Waals surface area contributed by atoms with Crippen LogP contribution in [0, 0.1) is 0 Å². The van der Waals surface area contributed by atoms with Gasteiger partial charge in [0.1, 0.15) is 0 Å². The van der Waals surface area contributed by atoms with Crippen molar-refractivity contribution in [3.63, 3.8) is 0 Å². The Bertz CT molecular complexity index is 605. The molecule has 0 bridgehead atoms. The molecule has 3 rings (SSSR count). The van der Waals surface area contributed by atoms with Gasteiger partial charge in [0.05, 0.1) is 0 Å². The van der Waals surface area contributed by atoms with Crippen LogP contribution in [0.15, 0.2) is 48.5 Å². The summed E-state index contributed by atoms with van der Waals surface area (Å²) in [6.07, 6.45) is 1.24. The van der Waals surface area contributed by atoms with E-state index in [1.807, 2.05) is 0 Å². The van der Waals surface area contributed by atoms with Gasteiger partial charge in [-0.2, -0.15) is 12.6 Å². The molecule has 1 saturated heterocycles. The maximum absolute atomic E-state index is 4.56. The van der Waals surface area contributed by atoms with Crippen molar-refractivity contribution in [1.29, 1.82) is 0 Å². The van der Waals surface area contributed by atoms with Crippen LogP contribution in [-0.4, -0.2) is 13.1 Å². The van der Waals surface area contributed by atoms with E-state index in [1.54, 1.807) is 0 Å². The fourth-order valence-electron chi connectivity index (χ4n) is 3.42. The van der Waals surface area contributed by atoms with Crippen molar-refractivity contribution in [3.8, 4) is 0 Å². The van der Waals surface area contributed by atoms with Crippen LogP contribution >= 0.6 is 12.6 Å². The first kappa shape index (κ1) is 16.4. The lowest BCUT2D eigenvalue weighted by molar-refractivity contribution is 0.767. The number of hydrogen-bond acceptors (Lipinski definition) is 2. The van der Waals surface area contributed by atoms with E-state index >= 15 is 0 Å². The van der Waals surface area contributed by atoms with Crippen LogP contribution < -0.4 is 4.90 Å². The third kappa shape index (κ3) is 3.74. The number of anilines is 1. The van der Waals surface area contributed by atoms with Crippen molar-refractivity contribution in [2.45, 2.75) is 44.3 Å². The topological polar surface area (TPSA) is 3.24 Å². The summed E-state index contributed by atoms with van der Waals surface area (Å²) in [6, 6.07) is 18.0. The van der Waals surface area contributed by atoms with E-state index < -0.39 is 0 Å². The van der Waals surface area contributed by atoms with E-state index in [0.717, 1.165) is 13.1 Å². The van der Waals surface area contributed by atoms with Crippen molar-refractivity contribution in [2.24, 2.45) is 0 Å². The Labute approximate surface area is 146 Å². The van der Waals surface area contributed by atoms with Gasteiger partial charge in [-0.3, -0.25) is 0 Å². The van der Waals surface area contributed by atoms with Crippen molar-refractivity contribution in [2.75, 3.05) is 18.0 Å². The number of benzene rings is 2. The molecule has 0 radical (unpaired) electrons. The maximum atomic E-state index is 4.56. The molecule has 0 N–H and O–H groups in total. The van der Waals surface area contributed by atoms with Gasteiger partial charge in [0, 0.05) is 29.9 Å². The van der Waals surface area contributed by atoms with E-state index in [-0.39, 0.29) is 5.25 Å². The molecular formula is C21H27NS. The Hall–Kier alpha value is -1.41. The van der Waals surface area contributed by atoms with Crippen LogP contribution in [0.4, 0.5) is 5.69 Å². The molecule has 1 nitrogen and oxygen atoms in total. The van der Waals surface area contributed by atoms with E-state index in [0.29, 0.717) is 11.8 Å². The molecular weight excluding hydrogens is 298 g/mol. The number of hydrogen-bond donors (Lipinski definition) is 1.